The van der Waals surface area contributed by atoms with Crippen LogP contribution in [0.3, 0.4) is 0 Å². The molecule has 0 amide bonds. The predicted octanol–water partition coefficient (Wildman–Crippen LogP) is 3.87. The Labute approximate surface area is 172 Å². The highest BCUT2D eigenvalue weighted by Crippen LogP contribution is 2.42. The first-order valence-corrected chi connectivity index (χ1v) is 10.0. The van der Waals surface area contributed by atoms with Crippen molar-refractivity contribution in [3.63, 3.8) is 0 Å². The Morgan fingerprint density at radius 1 is 1.28 bits per heavy atom. The summed E-state index contributed by atoms with van der Waals surface area (Å²) in [7, 11) is 0. The molecule has 8 heteroatoms. The zero-order chi connectivity index (χ0) is 21.1. The topological polar surface area (TPSA) is 107 Å². The molecule has 0 saturated heterocycles. The maximum Gasteiger partial charge on any atom is 0.357 e. The van der Waals surface area contributed by atoms with Gasteiger partial charge in [-0.3, -0.25) is 4.79 Å². The van der Waals surface area contributed by atoms with E-state index in [2.05, 4.69) is 6.07 Å². The number of nitrogens with two attached hydrogens (primary N) is 1. The number of anilines is 1. The van der Waals surface area contributed by atoms with Crippen LogP contribution in [0.5, 0.6) is 0 Å². The van der Waals surface area contributed by atoms with Gasteiger partial charge in [0.2, 0.25) is 0 Å². The van der Waals surface area contributed by atoms with Gasteiger partial charge < -0.3 is 19.8 Å². The smallest absolute Gasteiger partial charge is 0.357 e. The zero-order valence-electron chi connectivity index (χ0n) is 16.4. The first-order chi connectivity index (χ1) is 13.9. The lowest BCUT2D eigenvalue weighted by Gasteiger charge is -2.12. The molecule has 0 aliphatic rings. The standard InChI is InChI=1S/C21H21N3O4S/c1-4-27-15(25)11-24-19-13(10-22)9-12(3)16(14-7-6-8-29-14)17(19)18(23)20(24)21(26)28-5-2/h6-9H,4-5,11,23H2,1-3H3. The second-order valence-corrected chi connectivity index (χ2v) is 7.25. The Bertz CT molecular complexity index is 1120. The number of nitriles is 1. The van der Waals surface area contributed by atoms with Gasteiger partial charge in [0.15, 0.2) is 5.69 Å². The SMILES string of the molecule is CCOC(=O)Cn1c(C(=O)OCC)c(N)c2c(-c3cccs3)c(C)cc(C#N)c21. The molecular formula is C21H21N3O4S. The van der Waals surface area contributed by atoms with E-state index < -0.39 is 11.9 Å². The quantitative estimate of drug-likeness (QED) is 0.617. The number of aromatic nitrogens is 1. The molecule has 0 spiro atoms. The van der Waals surface area contributed by atoms with Gasteiger partial charge >= 0.3 is 11.9 Å². The Hall–Kier alpha value is -3.31. The summed E-state index contributed by atoms with van der Waals surface area (Å²) >= 11 is 1.53. The Kier molecular flexibility index (Phi) is 5.89. The van der Waals surface area contributed by atoms with Gasteiger partial charge in [-0.15, -0.1) is 11.3 Å². The summed E-state index contributed by atoms with van der Waals surface area (Å²) in [6.45, 7) is 5.38. The molecular weight excluding hydrogens is 390 g/mol. The number of fused-ring (bicyclic) bond motifs is 1. The average molecular weight is 411 g/mol. The number of carbonyl (C=O) groups is 2. The van der Waals surface area contributed by atoms with Crippen LogP contribution in [0.15, 0.2) is 23.6 Å². The fourth-order valence-electron chi connectivity index (χ4n) is 3.46. The van der Waals surface area contributed by atoms with E-state index in [0.29, 0.717) is 16.5 Å². The van der Waals surface area contributed by atoms with Crippen molar-refractivity contribution in [3.8, 4) is 16.5 Å². The van der Waals surface area contributed by atoms with Gasteiger partial charge in [-0.1, -0.05) is 6.07 Å². The van der Waals surface area contributed by atoms with Gasteiger partial charge in [-0.05, 0) is 43.8 Å². The van der Waals surface area contributed by atoms with Gasteiger partial charge in [-0.25, -0.2) is 4.79 Å². The summed E-state index contributed by atoms with van der Waals surface area (Å²) < 4.78 is 11.7. The average Bonchev–Trinajstić information content (AvgIpc) is 3.29. The minimum atomic E-state index is -0.649. The molecule has 2 heterocycles. The van der Waals surface area contributed by atoms with E-state index in [1.54, 1.807) is 19.9 Å². The second-order valence-electron chi connectivity index (χ2n) is 6.30. The lowest BCUT2D eigenvalue weighted by molar-refractivity contribution is -0.143. The maximum absolute atomic E-state index is 12.7. The van der Waals surface area contributed by atoms with Crippen molar-refractivity contribution in [2.24, 2.45) is 0 Å². The Balaban J connectivity index is 2.44. The van der Waals surface area contributed by atoms with Crippen molar-refractivity contribution in [3.05, 3.63) is 40.4 Å². The normalized spacial score (nSPS) is 10.7. The molecule has 1 aromatic carbocycles. The number of hydrogen-bond donors (Lipinski definition) is 1. The van der Waals surface area contributed by atoms with E-state index in [9.17, 15) is 14.9 Å². The number of benzene rings is 1. The molecule has 2 aromatic heterocycles. The minimum Gasteiger partial charge on any atom is -0.465 e. The van der Waals surface area contributed by atoms with Crippen LogP contribution in [0.1, 0.15) is 35.5 Å². The third-order valence-electron chi connectivity index (χ3n) is 4.51. The van der Waals surface area contributed by atoms with Crippen LogP contribution in [0.4, 0.5) is 5.69 Å². The van der Waals surface area contributed by atoms with E-state index in [0.717, 1.165) is 16.0 Å². The summed E-state index contributed by atoms with van der Waals surface area (Å²) in [6.07, 6.45) is 0. The van der Waals surface area contributed by atoms with Gasteiger partial charge in [-0.2, -0.15) is 5.26 Å². The first-order valence-electron chi connectivity index (χ1n) is 9.16. The Morgan fingerprint density at radius 2 is 2.00 bits per heavy atom. The summed E-state index contributed by atoms with van der Waals surface area (Å²) in [5.41, 5.74) is 9.11. The van der Waals surface area contributed by atoms with Crippen LogP contribution in [0.25, 0.3) is 21.3 Å². The lowest BCUT2D eigenvalue weighted by Crippen LogP contribution is -2.19. The number of esters is 2. The van der Waals surface area contributed by atoms with Crippen molar-refractivity contribution in [2.75, 3.05) is 18.9 Å². The number of thiophene rings is 1. The van der Waals surface area contributed by atoms with Crippen molar-refractivity contribution < 1.29 is 19.1 Å². The third kappa shape index (κ3) is 3.57. The molecule has 0 fully saturated rings. The summed E-state index contributed by atoms with van der Waals surface area (Å²) in [4.78, 5) is 25.9. The molecule has 0 unspecified atom stereocenters. The molecule has 0 radical (unpaired) electrons. The van der Waals surface area contributed by atoms with Crippen molar-refractivity contribution in [1.29, 1.82) is 5.26 Å². The summed E-state index contributed by atoms with van der Waals surface area (Å²) in [5.74, 6) is -1.18. The monoisotopic (exact) mass is 411 g/mol. The number of nitrogens with zero attached hydrogens (tertiary/aromatic N) is 2. The molecule has 3 rings (SSSR count). The van der Waals surface area contributed by atoms with Crippen LogP contribution in [-0.4, -0.2) is 29.7 Å². The fraction of sp³-hybridized carbons (Fsp3) is 0.286. The molecule has 2 N–H and O–H groups in total. The van der Waals surface area contributed by atoms with Crippen LogP contribution < -0.4 is 5.73 Å². The third-order valence-corrected chi connectivity index (χ3v) is 5.40. The van der Waals surface area contributed by atoms with Crippen LogP contribution >= 0.6 is 11.3 Å². The van der Waals surface area contributed by atoms with Crippen LogP contribution in [0.2, 0.25) is 0 Å². The van der Waals surface area contributed by atoms with Gasteiger partial charge in [0, 0.05) is 15.8 Å². The molecule has 29 heavy (non-hydrogen) atoms. The van der Waals surface area contributed by atoms with E-state index in [-0.39, 0.29) is 31.1 Å². The first kappa shape index (κ1) is 20.4. The van der Waals surface area contributed by atoms with Gasteiger partial charge in [0.25, 0.3) is 0 Å². The van der Waals surface area contributed by atoms with Crippen molar-refractivity contribution in [2.45, 2.75) is 27.3 Å². The largest absolute Gasteiger partial charge is 0.465 e. The molecule has 0 saturated carbocycles. The highest BCUT2D eigenvalue weighted by Gasteiger charge is 2.28. The van der Waals surface area contributed by atoms with Gasteiger partial charge in [0.05, 0.1) is 30.0 Å². The van der Waals surface area contributed by atoms with Crippen LogP contribution in [-0.2, 0) is 20.8 Å². The highest BCUT2D eigenvalue weighted by atomic mass is 32.1. The summed E-state index contributed by atoms with van der Waals surface area (Å²) in [6, 6.07) is 7.77. The predicted molar refractivity (Wildman–Crippen MR) is 112 cm³/mol. The number of hydrogen-bond acceptors (Lipinski definition) is 7. The molecule has 3 aromatic rings. The fourth-order valence-corrected chi connectivity index (χ4v) is 4.30. The summed E-state index contributed by atoms with van der Waals surface area (Å²) in [5, 5.41) is 12.3. The molecule has 150 valence electrons. The number of carbonyl (C=O) groups excluding carboxylic acids is 2. The van der Waals surface area contributed by atoms with Crippen molar-refractivity contribution in [1.82, 2.24) is 4.57 Å². The molecule has 0 aliphatic carbocycles. The van der Waals surface area contributed by atoms with E-state index >= 15 is 0 Å². The van der Waals surface area contributed by atoms with Crippen molar-refractivity contribution >= 4 is 39.9 Å². The zero-order valence-corrected chi connectivity index (χ0v) is 17.3. The molecule has 0 bridgehead atoms. The molecule has 0 atom stereocenters. The second kappa shape index (κ2) is 8.37. The number of aryl methyl sites for hydroxylation is 1. The number of rotatable bonds is 6. The maximum atomic E-state index is 12.7. The lowest BCUT2D eigenvalue weighted by atomic mass is 9.98. The van der Waals surface area contributed by atoms with Crippen LogP contribution in [0, 0.1) is 18.3 Å². The molecule has 7 nitrogen and oxygen atoms in total. The highest BCUT2D eigenvalue weighted by molar-refractivity contribution is 7.13. The Morgan fingerprint density at radius 3 is 2.59 bits per heavy atom. The van der Waals surface area contributed by atoms with E-state index in [1.165, 1.54) is 15.9 Å². The number of nitrogen functional groups attached to an aromatic ring is 1. The van der Waals surface area contributed by atoms with E-state index in [4.69, 9.17) is 15.2 Å². The minimum absolute atomic E-state index is 0.0507. The molecule has 0 aliphatic heterocycles. The number of ether oxygens (including phenoxy) is 2. The van der Waals surface area contributed by atoms with E-state index in [1.807, 2.05) is 24.4 Å². The van der Waals surface area contributed by atoms with Gasteiger partial charge in [0.1, 0.15) is 12.6 Å².